The van der Waals surface area contributed by atoms with Gasteiger partial charge in [0.15, 0.2) is 0 Å². The quantitative estimate of drug-likeness (QED) is 0.565. The molecular weight excluding hydrogens is 418 g/mol. The number of hydrogen-bond donors (Lipinski definition) is 0. The van der Waals surface area contributed by atoms with E-state index in [2.05, 4.69) is 5.10 Å². The molecule has 0 aliphatic carbocycles. The molecule has 5 nitrogen and oxygen atoms in total. The standard InChI is InChI=1S/C23H22ClN3O2S/c1-26(2)20-14-10-17(11-15-20)22-16-23(18-8-12-19(24)13-9-18)27(25-22)30(28,29)21-6-4-3-5-7-21/h3-15,23H,16H2,1-2H3. The van der Waals surface area contributed by atoms with E-state index < -0.39 is 16.1 Å². The van der Waals surface area contributed by atoms with Crippen LogP contribution in [0.2, 0.25) is 5.02 Å². The molecule has 0 saturated carbocycles. The van der Waals surface area contributed by atoms with Crippen LogP contribution >= 0.6 is 11.6 Å². The van der Waals surface area contributed by atoms with Crippen molar-refractivity contribution in [3.05, 3.63) is 95.0 Å². The second-order valence-corrected chi connectivity index (χ2v) is 9.58. The van der Waals surface area contributed by atoms with Gasteiger partial charge in [-0.3, -0.25) is 0 Å². The first-order chi connectivity index (χ1) is 14.4. The number of benzene rings is 3. The number of nitrogens with zero attached hydrogens (tertiary/aromatic N) is 3. The summed E-state index contributed by atoms with van der Waals surface area (Å²) in [6.07, 6.45) is 0.481. The molecule has 0 spiro atoms. The van der Waals surface area contributed by atoms with Gasteiger partial charge >= 0.3 is 0 Å². The van der Waals surface area contributed by atoms with Crippen LogP contribution in [0.25, 0.3) is 0 Å². The molecule has 154 valence electrons. The second kappa shape index (κ2) is 8.13. The van der Waals surface area contributed by atoms with E-state index in [1.54, 1.807) is 42.5 Å². The van der Waals surface area contributed by atoms with Crippen LogP contribution in [0.3, 0.4) is 0 Å². The Bertz CT molecular complexity index is 1160. The van der Waals surface area contributed by atoms with Crippen molar-refractivity contribution in [3.8, 4) is 0 Å². The molecule has 0 fully saturated rings. The van der Waals surface area contributed by atoms with Gasteiger partial charge in [0.25, 0.3) is 10.0 Å². The molecule has 3 aromatic rings. The van der Waals surface area contributed by atoms with Crippen LogP contribution in [0.1, 0.15) is 23.6 Å². The van der Waals surface area contributed by atoms with E-state index in [-0.39, 0.29) is 4.90 Å². The zero-order valence-electron chi connectivity index (χ0n) is 16.7. The number of hydrogen-bond acceptors (Lipinski definition) is 4. The third-order valence-corrected chi connectivity index (χ3v) is 7.08. The van der Waals surface area contributed by atoms with Crippen molar-refractivity contribution >= 4 is 33.0 Å². The summed E-state index contributed by atoms with van der Waals surface area (Å²) in [5.74, 6) is 0. The largest absolute Gasteiger partial charge is 0.378 e. The predicted octanol–water partition coefficient (Wildman–Crippen LogP) is 4.95. The van der Waals surface area contributed by atoms with Gasteiger partial charge in [-0.25, -0.2) is 0 Å². The van der Waals surface area contributed by atoms with E-state index in [1.165, 1.54) is 4.41 Å². The van der Waals surface area contributed by atoms with Crippen molar-refractivity contribution < 1.29 is 8.42 Å². The fourth-order valence-corrected chi connectivity index (χ4v) is 5.05. The fraction of sp³-hybridized carbons (Fsp3) is 0.174. The van der Waals surface area contributed by atoms with Crippen LogP contribution < -0.4 is 4.90 Å². The lowest BCUT2D eigenvalue weighted by atomic mass is 9.99. The van der Waals surface area contributed by atoms with E-state index in [4.69, 9.17) is 11.6 Å². The topological polar surface area (TPSA) is 53.0 Å². The molecule has 30 heavy (non-hydrogen) atoms. The van der Waals surface area contributed by atoms with Crippen molar-refractivity contribution in [2.75, 3.05) is 19.0 Å². The van der Waals surface area contributed by atoms with E-state index in [9.17, 15) is 8.42 Å². The summed E-state index contributed by atoms with van der Waals surface area (Å²) in [5.41, 5.74) is 3.56. The summed E-state index contributed by atoms with van der Waals surface area (Å²) < 4.78 is 28.0. The maximum absolute atomic E-state index is 13.4. The van der Waals surface area contributed by atoms with Crippen molar-refractivity contribution in [3.63, 3.8) is 0 Å². The highest BCUT2D eigenvalue weighted by molar-refractivity contribution is 7.89. The lowest BCUT2D eigenvalue weighted by molar-refractivity contribution is 0.371. The first-order valence-electron chi connectivity index (χ1n) is 9.56. The van der Waals surface area contributed by atoms with Gasteiger partial charge in [0.1, 0.15) is 0 Å². The van der Waals surface area contributed by atoms with Gasteiger partial charge in [-0.05, 0) is 47.5 Å². The van der Waals surface area contributed by atoms with Crippen LogP contribution in [-0.2, 0) is 10.0 Å². The molecule has 0 bridgehead atoms. The lowest BCUT2D eigenvalue weighted by Crippen LogP contribution is -2.27. The number of hydrazone groups is 1. The summed E-state index contributed by atoms with van der Waals surface area (Å²) in [4.78, 5) is 2.24. The lowest BCUT2D eigenvalue weighted by Gasteiger charge is -2.23. The third-order valence-electron chi connectivity index (χ3n) is 5.13. The first kappa shape index (κ1) is 20.4. The van der Waals surface area contributed by atoms with Crippen molar-refractivity contribution in [1.29, 1.82) is 0 Å². The summed E-state index contributed by atoms with van der Waals surface area (Å²) in [5, 5.41) is 5.18. The average molecular weight is 440 g/mol. The summed E-state index contributed by atoms with van der Waals surface area (Å²) in [6.45, 7) is 0. The molecule has 0 amide bonds. The summed E-state index contributed by atoms with van der Waals surface area (Å²) in [6, 6.07) is 23.2. The Morgan fingerprint density at radius 2 is 1.57 bits per heavy atom. The zero-order chi connectivity index (χ0) is 21.3. The molecule has 0 aromatic heterocycles. The van der Waals surface area contributed by atoms with Crippen LogP contribution in [0.5, 0.6) is 0 Å². The van der Waals surface area contributed by atoms with Crippen molar-refractivity contribution in [2.24, 2.45) is 5.10 Å². The highest BCUT2D eigenvalue weighted by Crippen LogP contribution is 2.37. The Morgan fingerprint density at radius 1 is 0.933 bits per heavy atom. The molecule has 1 aliphatic rings. The zero-order valence-corrected chi connectivity index (χ0v) is 18.3. The maximum Gasteiger partial charge on any atom is 0.279 e. The molecule has 1 aliphatic heterocycles. The highest BCUT2D eigenvalue weighted by atomic mass is 35.5. The molecule has 1 unspecified atom stereocenters. The van der Waals surface area contributed by atoms with Gasteiger partial charge < -0.3 is 4.90 Å². The molecule has 1 heterocycles. The second-order valence-electron chi connectivity index (χ2n) is 7.35. The number of sulfonamides is 1. The van der Waals surface area contributed by atoms with E-state index in [0.717, 1.165) is 22.5 Å². The molecule has 0 radical (unpaired) electrons. The minimum Gasteiger partial charge on any atom is -0.378 e. The minimum absolute atomic E-state index is 0.219. The molecule has 0 saturated heterocycles. The van der Waals surface area contributed by atoms with Gasteiger partial charge in [-0.2, -0.15) is 17.9 Å². The van der Waals surface area contributed by atoms with Gasteiger partial charge in [-0.15, -0.1) is 0 Å². The normalized spacial score (nSPS) is 16.4. The fourth-order valence-electron chi connectivity index (χ4n) is 3.47. The van der Waals surface area contributed by atoms with Crippen LogP contribution in [0.15, 0.2) is 88.9 Å². The number of anilines is 1. The van der Waals surface area contributed by atoms with E-state index in [0.29, 0.717) is 11.4 Å². The molecular formula is C23H22ClN3O2S. The SMILES string of the molecule is CN(C)c1ccc(C2=NN(S(=O)(=O)c3ccccc3)C(c3ccc(Cl)cc3)C2)cc1. The number of halogens is 1. The van der Waals surface area contributed by atoms with Crippen LogP contribution in [0, 0.1) is 0 Å². The van der Waals surface area contributed by atoms with E-state index in [1.807, 2.05) is 55.4 Å². The Balaban J connectivity index is 1.76. The molecule has 7 heteroatoms. The average Bonchev–Trinajstić information content (AvgIpc) is 3.21. The maximum atomic E-state index is 13.4. The van der Waals surface area contributed by atoms with Gasteiger partial charge in [0, 0.05) is 31.2 Å². The molecule has 0 N–H and O–H groups in total. The summed E-state index contributed by atoms with van der Waals surface area (Å²) in [7, 11) is 0.154. The Labute approximate surface area is 182 Å². The van der Waals surface area contributed by atoms with Gasteiger partial charge in [0.2, 0.25) is 0 Å². The monoisotopic (exact) mass is 439 g/mol. The number of rotatable bonds is 5. The predicted molar refractivity (Wildman–Crippen MR) is 122 cm³/mol. The van der Waals surface area contributed by atoms with Crippen molar-refractivity contribution in [1.82, 2.24) is 4.41 Å². The first-order valence-corrected chi connectivity index (χ1v) is 11.4. The molecule has 4 rings (SSSR count). The molecule has 3 aromatic carbocycles. The van der Waals surface area contributed by atoms with Crippen LogP contribution in [-0.4, -0.2) is 32.6 Å². The van der Waals surface area contributed by atoms with Crippen LogP contribution in [0.4, 0.5) is 5.69 Å². The van der Waals surface area contributed by atoms with E-state index >= 15 is 0 Å². The Hall–Kier alpha value is -2.83. The smallest absolute Gasteiger partial charge is 0.279 e. The Morgan fingerprint density at radius 3 is 2.17 bits per heavy atom. The van der Waals surface area contributed by atoms with Gasteiger partial charge in [0.05, 0.1) is 16.6 Å². The Kier molecular flexibility index (Phi) is 5.54. The third kappa shape index (κ3) is 3.93. The van der Waals surface area contributed by atoms with Gasteiger partial charge in [-0.1, -0.05) is 54.1 Å². The summed E-state index contributed by atoms with van der Waals surface area (Å²) >= 11 is 6.04. The highest BCUT2D eigenvalue weighted by Gasteiger charge is 2.37. The van der Waals surface area contributed by atoms with Crippen molar-refractivity contribution in [2.45, 2.75) is 17.4 Å². The molecule has 1 atom stereocenters. The minimum atomic E-state index is -3.80.